The molecule has 1 fully saturated rings. The van der Waals surface area contributed by atoms with Crippen molar-refractivity contribution >= 4 is 17.9 Å². The molecule has 1 heterocycles. The summed E-state index contributed by atoms with van der Waals surface area (Å²) in [7, 11) is 1.48. The molecule has 3 aromatic carbocycles. The zero-order valence-electron chi connectivity index (χ0n) is 34.9. The molecular formula is C48H58FN3O9. The van der Waals surface area contributed by atoms with Gasteiger partial charge in [-0.3, -0.25) is 4.90 Å². The molecule has 3 aromatic rings. The molecule has 0 radical (unpaired) electrons. The third-order valence-corrected chi connectivity index (χ3v) is 11.8. The zero-order valence-corrected chi connectivity index (χ0v) is 34.9. The normalized spacial score (nSPS) is 23.0. The summed E-state index contributed by atoms with van der Waals surface area (Å²) in [6, 6.07) is 19.9. The van der Waals surface area contributed by atoms with Crippen LogP contribution in [-0.4, -0.2) is 78.4 Å². The van der Waals surface area contributed by atoms with Gasteiger partial charge in [0.25, 0.3) is 0 Å². The quantitative estimate of drug-likeness (QED) is 0.0545. The van der Waals surface area contributed by atoms with Gasteiger partial charge in [0.15, 0.2) is 0 Å². The van der Waals surface area contributed by atoms with Crippen LogP contribution in [0.2, 0.25) is 0 Å². The smallest absolute Gasteiger partial charge is 0.412 e. The second-order valence-electron chi connectivity index (χ2n) is 15.6. The van der Waals surface area contributed by atoms with E-state index in [4.69, 9.17) is 23.8 Å². The second-order valence-corrected chi connectivity index (χ2v) is 15.6. The number of benzene rings is 3. The largest absolute Gasteiger partial charge is 0.459 e. The van der Waals surface area contributed by atoms with Gasteiger partial charge in [0, 0.05) is 44.2 Å². The minimum absolute atomic E-state index is 0.00101. The van der Waals surface area contributed by atoms with Crippen LogP contribution in [-0.2, 0) is 27.4 Å². The van der Waals surface area contributed by atoms with Crippen molar-refractivity contribution in [2.75, 3.05) is 33.5 Å². The SMILES string of the molecule is C=CCCOC(=O)N(Cc1ccc(F)cc1)C1CC(=NOC)C2=CC(CCCCO)C(CCCCO)C3c4cc(OC(=O)NCc5ccccc5)ccc4OC1(OCC=C)C23. The molecule has 2 amide bonds. The number of hydrogen-bond acceptors (Lipinski definition) is 10. The molecule has 1 saturated carbocycles. The van der Waals surface area contributed by atoms with Gasteiger partial charge in [-0.15, -0.1) is 13.2 Å². The molecule has 0 aromatic heterocycles. The Labute approximate surface area is 357 Å². The Hall–Kier alpha value is -5.50. The van der Waals surface area contributed by atoms with E-state index in [9.17, 15) is 24.2 Å². The minimum atomic E-state index is -1.55. The number of hydrogen-bond donors (Lipinski definition) is 3. The molecule has 6 rings (SSSR count). The zero-order chi connectivity index (χ0) is 43.2. The number of aliphatic hydroxyl groups is 2. The molecule has 12 nitrogen and oxygen atoms in total. The Bertz CT molecular complexity index is 2010. The van der Waals surface area contributed by atoms with Gasteiger partial charge in [-0.2, -0.15) is 0 Å². The molecule has 3 aliphatic rings. The number of rotatable bonds is 21. The molecule has 1 aliphatic heterocycles. The monoisotopic (exact) mass is 839 g/mol. The van der Waals surface area contributed by atoms with Gasteiger partial charge in [0.05, 0.1) is 24.8 Å². The summed E-state index contributed by atoms with van der Waals surface area (Å²) in [5.41, 5.74) is 3.82. The van der Waals surface area contributed by atoms with Gasteiger partial charge < -0.3 is 39.3 Å². The number of nitrogens with zero attached hydrogens (tertiary/aromatic N) is 2. The Morgan fingerprint density at radius 2 is 1.74 bits per heavy atom. The fourth-order valence-electron chi connectivity index (χ4n) is 9.14. The van der Waals surface area contributed by atoms with Gasteiger partial charge in [-0.1, -0.05) is 78.7 Å². The summed E-state index contributed by atoms with van der Waals surface area (Å²) >= 11 is 0. The maximum atomic E-state index is 14.4. The lowest BCUT2D eigenvalue weighted by Crippen LogP contribution is -2.70. The summed E-state index contributed by atoms with van der Waals surface area (Å²) < 4.78 is 40.2. The molecule has 61 heavy (non-hydrogen) atoms. The number of aliphatic hydroxyl groups excluding tert-OH is 2. The summed E-state index contributed by atoms with van der Waals surface area (Å²) in [5, 5.41) is 27.2. The third kappa shape index (κ3) is 10.7. The first-order chi connectivity index (χ1) is 29.8. The number of ether oxygens (including phenoxy) is 4. The summed E-state index contributed by atoms with van der Waals surface area (Å²) in [6.45, 7) is 8.31. The third-order valence-electron chi connectivity index (χ3n) is 11.8. The summed E-state index contributed by atoms with van der Waals surface area (Å²) in [6.07, 6.45) is 9.09. The Morgan fingerprint density at radius 1 is 0.984 bits per heavy atom. The number of carbonyl (C=O) groups is 2. The number of unbranched alkanes of at least 4 members (excludes halogenated alkanes) is 2. The fraction of sp³-hybridized carbons (Fsp3) is 0.438. The van der Waals surface area contributed by atoms with E-state index in [1.807, 2.05) is 36.4 Å². The van der Waals surface area contributed by atoms with E-state index in [1.54, 1.807) is 41.3 Å². The van der Waals surface area contributed by atoms with E-state index in [0.717, 1.165) is 42.4 Å². The predicted octanol–water partition coefficient (Wildman–Crippen LogP) is 8.59. The molecule has 3 N–H and O–H groups in total. The van der Waals surface area contributed by atoms with E-state index >= 15 is 0 Å². The van der Waals surface area contributed by atoms with Crippen LogP contribution in [0, 0.1) is 23.6 Å². The van der Waals surface area contributed by atoms with Crippen LogP contribution in [0.3, 0.4) is 0 Å². The lowest BCUT2D eigenvalue weighted by Gasteiger charge is -2.59. The number of carbonyl (C=O) groups excluding carboxylic acids is 2. The highest BCUT2D eigenvalue weighted by molar-refractivity contribution is 6.03. The van der Waals surface area contributed by atoms with Crippen LogP contribution >= 0.6 is 0 Å². The molecule has 0 bridgehead atoms. The van der Waals surface area contributed by atoms with Gasteiger partial charge >= 0.3 is 12.2 Å². The van der Waals surface area contributed by atoms with Crippen molar-refractivity contribution in [3.05, 3.63) is 132 Å². The standard InChI is InChI=1S/C48H58FN3O9/c1-4-6-27-58-47(56)52(32-34-18-20-36(49)21-19-34)43-30-41(51-57-3)39-28-35(16-10-12-24-53)38(17-11-13-25-54)44-40-29-37(60-46(55)50-31-33-14-8-7-9-15-33)22-23-42(40)61-48(43,45(39)44)59-26-5-2/h4-5,7-9,14-15,18-23,28-29,35,38,43-45,53-54H,1-2,6,10-13,16-17,24-27,30-32H2,3H3,(H,50,55). The number of allylic oxidation sites excluding steroid dienone is 1. The summed E-state index contributed by atoms with van der Waals surface area (Å²) in [5.74, 6) is -2.16. The van der Waals surface area contributed by atoms with Crippen LogP contribution in [0.1, 0.15) is 74.0 Å². The van der Waals surface area contributed by atoms with Crippen molar-refractivity contribution < 1.29 is 48.0 Å². The van der Waals surface area contributed by atoms with Crippen LogP contribution in [0.25, 0.3) is 0 Å². The average Bonchev–Trinajstić information content (AvgIpc) is 3.27. The molecule has 6 unspecified atom stereocenters. The minimum Gasteiger partial charge on any atom is -0.459 e. The number of halogens is 1. The highest BCUT2D eigenvalue weighted by atomic mass is 19.1. The fourth-order valence-corrected chi connectivity index (χ4v) is 9.14. The number of fused-ring (bicyclic) bond motifs is 2. The van der Waals surface area contributed by atoms with Crippen molar-refractivity contribution in [3.63, 3.8) is 0 Å². The van der Waals surface area contributed by atoms with Crippen molar-refractivity contribution in [2.45, 2.75) is 82.2 Å². The topological polar surface area (TPSA) is 148 Å². The highest BCUT2D eigenvalue weighted by Crippen LogP contribution is 2.62. The van der Waals surface area contributed by atoms with Crippen molar-refractivity contribution in [2.24, 2.45) is 22.9 Å². The maximum Gasteiger partial charge on any atom is 0.412 e. The number of oxime groups is 1. The molecule has 0 saturated heterocycles. The molecular weight excluding hydrogens is 782 g/mol. The van der Waals surface area contributed by atoms with E-state index in [2.05, 4.69) is 29.7 Å². The Morgan fingerprint density at radius 3 is 2.44 bits per heavy atom. The molecule has 6 atom stereocenters. The van der Waals surface area contributed by atoms with Crippen LogP contribution in [0.5, 0.6) is 11.5 Å². The van der Waals surface area contributed by atoms with Crippen LogP contribution in [0.4, 0.5) is 14.0 Å². The van der Waals surface area contributed by atoms with Crippen LogP contribution < -0.4 is 14.8 Å². The first kappa shape index (κ1) is 45.0. The van der Waals surface area contributed by atoms with E-state index in [0.29, 0.717) is 42.0 Å². The Kier molecular flexibility index (Phi) is 16.1. The lowest BCUT2D eigenvalue weighted by atomic mass is 9.55. The molecule has 13 heteroatoms. The second kappa shape index (κ2) is 21.8. The van der Waals surface area contributed by atoms with Crippen molar-refractivity contribution in [1.29, 1.82) is 0 Å². The number of nitrogens with one attached hydrogen (secondary N) is 1. The lowest BCUT2D eigenvalue weighted by molar-refractivity contribution is -0.256. The molecule has 0 spiro atoms. The average molecular weight is 840 g/mol. The van der Waals surface area contributed by atoms with Crippen molar-refractivity contribution in [3.8, 4) is 11.5 Å². The van der Waals surface area contributed by atoms with E-state index in [-0.39, 0.29) is 63.7 Å². The molecule has 326 valence electrons. The molecule has 2 aliphatic carbocycles. The van der Waals surface area contributed by atoms with E-state index < -0.39 is 35.8 Å². The first-order valence-electron chi connectivity index (χ1n) is 21.2. The Balaban J connectivity index is 1.53. The van der Waals surface area contributed by atoms with Gasteiger partial charge in [0.2, 0.25) is 5.79 Å². The first-order valence-corrected chi connectivity index (χ1v) is 21.2. The van der Waals surface area contributed by atoms with Gasteiger partial charge in [0.1, 0.15) is 30.5 Å². The van der Waals surface area contributed by atoms with Crippen LogP contribution in [0.15, 0.2) is 115 Å². The summed E-state index contributed by atoms with van der Waals surface area (Å²) in [4.78, 5) is 34.8. The highest BCUT2D eigenvalue weighted by Gasteiger charge is 2.65. The maximum absolute atomic E-state index is 14.4. The van der Waals surface area contributed by atoms with Gasteiger partial charge in [-0.05, 0) is 91.0 Å². The van der Waals surface area contributed by atoms with E-state index in [1.165, 1.54) is 19.2 Å². The number of amides is 2. The van der Waals surface area contributed by atoms with Gasteiger partial charge in [-0.25, -0.2) is 14.0 Å². The van der Waals surface area contributed by atoms with Crippen molar-refractivity contribution in [1.82, 2.24) is 10.2 Å². The predicted molar refractivity (Wildman–Crippen MR) is 229 cm³/mol.